The molecule has 0 radical (unpaired) electrons. The fourth-order valence-corrected chi connectivity index (χ4v) is 8.35. The summed E-state index contributed by atoms with van der Waals surface area (Å²) in [6.07, 6.45) is 6.37. The van der Waals surface area contributed by atoms with Gasteiger partial charge in [-0.05, 0) is 62.5 Å². The molecule has 2 atom stereocenters. The molecule has 6 nitrogen and oxygen atoms in total. The van der Waals surface area contributed by atoms with Crippen LogP contribution in [0.5, 0.6) is 0 Å². The summed E-state index contributed by atoms with van der Waals surface area (Å²) < 4.78 is 11.5. The summed E-state index contributed by atoms with van der Waals surface area (Å²) in [5, 5.41) is 3.98. The first kappa shape index (κ1) is 19.8. The molecule has 4 bridgehead atoms. The Morgan fingerprint density at radius 3 is 2.48 bits per heavy atom. The Balaban J connectivity index is 1.35. The summed E-state index contributed by atoms with van der Waals surface area (Å²) in [4.78, 5) is 28.8. The smallest absolute Gasteiger partial charge is 0.291 e. The molecule has 1 N–H and O–H groups in total. The van der Waals surface area contributed by atoms with Gasteiger partial charge in [0, 0.05) is 22.8 Å². The molecule has 1 aromatic carbocycles. The Morgan fingerprint density at radius 2 is 1.77 bits per heavy atom. The topological polar surface area (TPSA) is 71.8 Å². The van der Waals surface area contributed by atoms with E-state index in [1.54, 1.807) is 4.90 Å². The van der Waals surface area contributed by atoms with Crippen molar-refractivity contribution in [3.05, 3.63) is 30.0 Å². The minimum Gasteiger partial charge on any atom is -0.449 e. The number of nitrogens with one attached hydrogen (secondary N) is 1. The van der Waals surface area contributed by atoms with Crippen LogP contribution in [-0.2, 0) is 9.53 Å². The number of hydrogen-bond donors (Lipinski definition) is 1. The first-order valence-electron chi connectivity index (χ1n) is 11.3. The Morgan fingerprint density at radius 1 is 1.06 bits per heavy atom. The van der Waals surface area contributed by atoms with Crippen molar-refractivity contribution >= 4 is 44.4 Å². The lowest BCUT2D eigenvalue weighted by Gasteiger charge is -2.59. The summed E-state index contributed by atoms with van der Waals surface area (Å²) >= 11 is 4.00. The predicted molar refractivity (Wildman–Crippen MR) is 120 cm³/mol. The minimum absolute atomic E-state index is 0.0491. The van der Waals surface area contributed by atoms with Crippen molar-refractivity contribution in [1.29, 1.82) is 0 Å². The zero-order valence-corrected chi connectivity index (χ0v) is 19.1. The van der Waals surface area contributed by atoms with Crippen LogP contribution in [0.25, 0.3) is 11.0 Å². The quantitative estimate of drug-likeness (QED) is 0.644. The van der Waals surface area contributed by atoms with Crippen molar-refractivity contribution in [2.45, 2.75) is 42.8 Å². The lowest BCUT2D eigenvalue weighted by Crippen LogP contribution is -2.57. The van der Waals surface area contributed by atoms with E-state index in [0.717, 1.165) is 24.6 Å². The number of rotatable bonds is 3. The molecule has 7 heteroatoms. The second kappa shape index (κ2) is 7.07. The highest BCUT2D eigenvalue weighted by molar-refractivity contribution is 9.10. The zero-order chi connectivity index (χ0) is 21.2. The Bertz CT molecular complexity index is 1040. The van der Waals surface area contributed by atoms with Gasteiger partial charge in [0.2, 0.25) is 11.7 Å². The number of furan rings is 1. The monoisotopic (exact) mass is 486 g/mol. The zero-order valence-electron chi connectivity index (χ0n) is 17.5. The van der Waals surface area contributed by atoms with Crippen LogP contribution < -0.4 is 5.32 Å². The van der Waals surface area contributed by atoms with E-state index < -0.39 is 0 Å². The van der Waals surface area contributed by atoms with Crippen LogP contribution in [0.4, 0.5) is 5.69 Å². The average Bonchev–Trinajstić information content (AvgIpc) is 3.10. The molecule has 4 saturated carbocycles. The third-order valence-corrected chi connectivity index (χ3v) is 8.73. The molecule has 2 aromatic rings. The molecular weight excluding hydrogens is 460 g/mol. The van der Waals surface area contributed by atoms with Crippen molar-refractivity contribution in [2.75, 3.05) is 31.6 Å². The first-order chi connectivity index (χ1) is 14.9. The van der Waals surface area contributed by atoms with E-state index in [0.29, 0.717) is 49.4 Å². The normalized spacial score (nSPS) is 34.3. The van der Waals surface area contributed by atoms with Crippen LogP contribution in [-0.4, -0.2) is 47.3 Å². The average molecular weight is 487 g/mol. The van der Waals surface area contributed by atoms with Gasteiger partial charge in [0.1, 0.15) is 11.3 Å². The summed E-state index contributed by atoms with van der Waals surface area (Å²) in [6, 6.07) is 7.55. The standard InChI is InChI=1S/C24H27BrN2O4/c25-24-12-15-9-16(13-24)11-23(10-15,14-24)22(29)26-19-17-3-1-2-4-18(17)31-20(19)21(28)27-5-7-30-8-6-27/h1-4,15-16H,5-14H2,(H,26,29). The van der Waals surface area contributed by atoms with Crippen molar-refractivity contribution in [1.82, 2.24) is 4.90 Å². The lowest BCUT2D eigenvalue weighted by atomic mass is 9.49. The Hall–Kier alpha value is -1.86. The molecule has 7 rings (SSSR count). The highest BCUT2D eigenvalue weighted by Gasteiger charge is 2.59. The number of carbonyl (C=O) groups excluding carboxylic acids is 2. The van der Waals surface area contributed by atoms with E-state index in [1.807, 2.05) is 24.3 Å². The van der Waals surface area contributed by atoms with Crippen LogP contribution in [0.3, 0.4) is 0 Å². The van der Waals surface area contributed by atoms with Crippen LogP contribution in [0, 0.1) is 17.3 Å². The molecule has 0 spiro atoms. The van der Waals surface area contributed by atoms with Gasteiger partial charge in [0.15, 0.2) is 0 Å². The summed E-state index contributed by atoms with van der Waals surface area (Å²) in [7, 11) is 0. The number of para-hydroxylation sites is 1. The van der Waals surface area contributed by atoms with E-state index >= 15 is 0 Å². The highest BCUT2D eigenvalue weighted by Crippen LogP contribution is 2.64. The molecule has 1 saturated heterocycles. The van der Waals surface area contributed by atoms with Gasteiger partial charge >= 0.3 is 0 Å². The highest BCUT2D eigenvalue weighted by atomic mass is 79.9. The second-order valence-electron chi connectivity index (χ2n) is 10.1. The number of fused-ring (bicyclic) bond motifs is 1. The van der Waals surface area contributed by atoms with Gasteiger partial charge in [0.05, 0.1) is 18.6 Å². The predicted octanol–water partition coefficient (Wildman–Crippen LogP) is 4.58. The molecular formula is C24H27BrN2O4. The summed E-state index contributed by atoms with van der Waals surface area (Å²) in [6.45, 7) is 2.10. The Kier molecular flexibility index (Phi) is 4.52. The number of nitrogens with zero attached hydrogens (tertiary/aromatic N) is 1. The van der Waals surface area contributed by atoms with Crippen molar-refractivity contribution in [3.63, 3.8) is 0 Å². The third kappa shape index (κ3) is 3.23. The van der Waals surface area contributed by atoms with Crippen LogP contribution >= 0.6 is 15.9 Å². The number of benzene rings is 1. The van der Waals surface area contributed by atoms with Crippen LogP contribution in [0.2, 0.25) is 0 Å². The molecule has 164 valence electrons. The SMILES string of the molecule is O=C(c1oc2ccccc2c1NC(=O)C12CC3CC(CC(Br)(C3)C1)C2)N1CCOCC1. The molecule has 5 fully saturated rings. The van der Waals surface area contributed by atoms with Gasteiger partial charge in [-0.15, -0.1) is 0 Å². The van der Waals surface area contributed by atoms with E-state index in [9.17, 15) is 9.59 Å². The fourth-order valence-electron chi connectivity index (χ4n) is 6.89. The van der Waals surface area contributed by atoms with E-state index in [4.69, 9.17) is 9.15 Å². The molecule has 2 heterocycles. The van der Waals surface area contributed by atoms with Crippen LogP contribution in [0.15, 0.2) is 28.7 Å². The maximum Gasteiger partial charge on any atom is 0.291 e. The molecule has 31 heavy (non-hydrogen) atoms. The third-order valence-electron chi connectivity index (χ3n) is 7.80. The van der Waals surface area contributed by atoms with E-state index in [-0.39, 0.29) is 27.3 Å². The number of alkyl halides is 1. The number of ether oxygens (including phenoxy) is 1. The summed E-state index contributed by atoms with van der Waals surface area (Å²) in [5.74, 6) is 1.32. The second-order valence-corrected chi connectivity index (χ2v) is 11.7. The van der Waals surface area contributed by atoms with Gasteiger partial charge in [-0.25, -0.2) is 0 Å². The number of anilines is 1. The molecule has 2 amide bonds. The van der Waals surface area contributed by atoms with Crippen molar-refractivity contribution in [3.8, 4) is 0 Å². The fraction of sp³-hybridized carbons (Fsp3) is 0.583. The van der Waals surface area contributed by atoms with Crippen molar-refractivity contribution in [2.24, 2.45) is 17.3 Å². The van der Waals surface area contributed by atoms with Gasteiger partial charge in [-0.3, -0.25) is 9.59 Å². The molecule has 4 aliphatic carbocycles. The molecule has 1 aliphatic heterocycles. The number of hydrogen-bond acceptors (Lipinski definition) is 4. The van der Waals surface area contributed by atoms with E-state index in [1.165, 1.54) is 19.3 Å². The molecule has 1 aromatic heterocycles. The molecule has 2 unspecified atom stereocenters. The van der Waals surface area contributed by atoms with Gasteiger partial charge in [-0.1, -0.05) is 28.1 Å². The van der Waals surface area contributed by atoms with Gasteiger partial charge in [-0.2, -0.15) is 0 Å². The number of amides is 2. The van der Waals surface area contributed by atoms with Crippen LogP contribution in [0.1, 0.15) is 49.1 Å². The number of morpholine rings is 1. The van der Waals surface area contributed by atoms with Gasteiger partial charge < -0.3 is 19.4 Å². The molecule has 5 aliphatic rings. The largest absolute Gasteiger partial charge is 0.449 e. The first-order valence-corrected chi connectivity index (χ1v) is 12.1. The minimum atomic E-state index is -0.356. The van der Waals surface area contributed by atoms with Gasteiger partial charge in [0.25, 0.3) is 5.91 Å². The summed E-state index contributed by atoms with van der Waals surface area (Å²) in [5.41, 5.74) is 0.791. The Labute approximate surface area is 189 Å². The maximum absolute atomic E-state index is 13.8. The van der Waals surface area contributed by atoms with Crippen molar-refractivity contribution < 1.29 is 18.7 Å². The maximum atomic E-state index is 13.8. The van der Waals surface area contributed by atoms with E-state index in [2.05, 4.69) is 21.2 Å². The lowest BCUT2D eigenvalue weighted by molar-refractivity contribution is -0.138. The number of halogens is 1. The number of carbonyl (C=O) groups is 2.